The SMILES string of the molecule is CC(C)(COC(=O)c1ccncc1)N(Cl)Cl. The third-order valence-corrected chi connectivity index (χ3v) is 2.85. The summed E-state index contributed by atoms with van der Waals surface area (Å²) in [7, 11) is 0. The highest BCUT2D eigenvalue weighted by Crippen LogP contribution is 2.20. The van der Waals surface area contributed by atoms with Gasteiger partial charge in [0.2, 0.25) is 0 Å². The first-order valence-corrected chi connectivity index (χ1v) is 5.30. The van der Waals surface area contributed by atoms with Crippen molar-refractivity contribution in [3.8, 4) is 0 Å². The Kier molecular flexibility index (Phi) is 4.53. The Morgan fingerprint density at radius 2 is 2.00 bits per heavy atom. The van der Waals surface area contributed by atoms with E-state index in [2.05, 4.69) is 4.98 Å². The van der Waals surface area contributed by atoms with Crippen molar-refractivity contribution in [2.75, 3.05) is 6.61 Å². The molecule has 0 fully saturated rings. The van der Waals surface area contributed by atoms with Gasteiger partial charge in [-0.25, -0.2) is 4.79 Å². The molecule has 0 unspecified atom stereocenters. The van der Waals surface area contributed by atoms with Crippen LogP contribution in [0, 0.1) is 0 Å². The van der Waals surface area contributed by atoms with Crippen LogP contribution in [-0.2, 0) is 4.74 Å². The minimum Gasteiger partial charge on any atom is -0.460 e. The van der Waals surface area contributed by atoms with Crippen LogP contribution in [0.1, 0.15) is 24.2 Å². The number of hydrogen-bond acceptors (Lipinski definition) is 4. The van der Waals surface area contributed by atoms with Crippen LogP contribution in [0.2, 0.25) is 0 Å². The van der Waals surface area contributed by atoms with Crippen molar-refractivity contribution in [2.24, 2.45) is 0 Å². The van der Waals surface area contributed by atoms with E-state index < -0.39 is 11.5 Å². The fraction of sp³-hybridized carbons (Fsp3) is 0.400. The number of carbonyl (C=O) groups is 1. The number of pyridine rings is 1. The van der Waals surface area contributed by atoms with Gasteiger partial charge >= 0.3 is 5.97 Å². The molecule has 0 atom stereocenters. The van der Waals surface area contributed by atoms with Gasteiger partial charge in [-0.05, 0) is 49.5 Å². The first-order chi connectivity index (χ1) is 7.43. The van der Waals surface area contributed by atoms with Crippen molar-refractivity contribution in [3.63, 3.8) is 0 Å². The molecule has 0 aliphatic rings. The summed E-state index contributed by atoms with van der Waals surface area (Å²) in [5.41, 5.74) is -0.187. The molecule has 1 aromatic rings. The molecule has 0 bridgehead atoms. The molecule has 0 aliphatic heterocycles. The molecule has 1 heterocycles. The molecule has 88 valence electrons. The van der Waals surface area contributed by atoms with Gasteiger partial charge in [-0.3, -0.25) is 4.98 Å². The Balaban J connectivity index is 2.54. The van der Waals surface area contributed by atoms with E-state index in [4.69, 9.17) is 28.3 Å². The summed E-state index contributed by atoms with van der Waals surface area (Å²) in [4.78, 5) is 15.4. The Bertz CT molecular complexity index is 355. The molecule has 0 aromatic carbocycles. The van der Waals surface area contributed by atoms with E-state index in [0.717, 1.165) is 3.94 Å². The van der Waals surface area contributed by atoms with E-state index in [1.165, 1.54) is 12.4 Å². The number of carbonyl (C=O) groups excluding carboxylic acids is 1. The van der Waals surface area contributed by atoms with Crippen molar-refractivity contribution in [1.29, 1.82) is 0 Å². The molecule has 0 radical (unpaired) electrons. The lowest BCUT2D eigenvalue weighted by Crippen LogP contribution is -2.37. The maximum absolute atomic E-state index is 11.6. The molecule has 4 nitrogen and oxygen atoms in total. The highest BCUT2D eigenvalue weighted by atomic mass is 35.5. The summed E-state index contributed by atoms with van der Waals surface area (Å²) < 4.78 is 6.04. The zero-order valence-electron chi connectivity index (χ0n) is 8.98. The van der Waals surface area contributed by atoms with Gasteiger partial charge in [0.25, 0.3) is 0 Å². The second kappa shape index (κ2) is 5.48. The Hall–Kier alpha value is -0.840. The largest absolute Gasteiger partial charge is 0.460 e. The molecular formula is C10H12Cl2N2O2. The fourth-order valence-corrected chi connectivity index (χ4v) is 0.960. The van der Waals surface area contributed by atoms with Gasteiger partial charge in [-0.2, -0.15) is 0 Å². The third kappa shape index (κ3) is 3.63. The molecule has 16 heavy (non-hydrogen) atoms. The van der Waals surface area contributed by atoms with Gasteiger partial charge in [-0.15, -0.1) is 3.94 Å². The summed E-state index contributed by atoms with van der Waals surface area (Å²) in [5, 5.41) is 0. The summed E-state index contributed by atoms with van der Waals surface area (Å²) in [6, 6.07) is 3.16. The second-order valence-electron chi connectivity index (χ2n) is 3.86. The summed E-state index contributed by atoms with van der Waals surface area (Å²) >= 11 is 11.2. The van der Waals surface area contributed by atoms with Crippen LogP contribution >= 0.6 is 23.6 Å². The third-order valence-electron chi connectivity index (χ3n) is 1.93. The van der Waals surface area contributed by atoms with Crippen molar-refractivity contribution in [1.82, 2.24) is 8.92 Å². The molecule has 0 saturated carbocycles. The first kappa shape index (κ1) is 13.2. The predicted octanol–water partition coefficient (Wildman–Crippen LogP) is 2.63. The van der Waals surface area contributed by atoms with Crippen LogP contribution in [0.3, 0.4) is 0 Å². The standard InChI is InChI=1S/C10H12Cl2N2O2/c1-10(2,14(11)12)7-16-9(15)8-3-5-13-6-4-8/h3-6H,7H2,1-2H3. The van der Waals surface area contributed by atoms with Gasteiger partial charge in [0.15, 0.2) is 0 Å². The number of halogens is 2. The molecule has 0 aliphatic carbocycles. The van der Waals surface area contributed by atoms with Crippen molar-refractivity contribution in [3.05, 3.63) is 30.1 Å². The number of esters is 1. The average molecular weight is 263 g/mol. The number of rotatable bonds is 4. The summed E-state index contributed by atoms with van der Waals surface area (Å²) in [6.07, 6.45) is 3.05. The van der Waals surface area contributed by atoms with E-state index in [1.54, 1.807) is 26.0 Å². The number of hydrogen-bond donors (Lipinski definition) is 0. The zero-order chi connectivity index (χ0) is 12.2. The Labute approximate surface area is 104 Å². The Morgan fingerprint density at radius 1 is 1.44 bits per heavy atom. The maximum Gasteiger partial charge on any atom is 0.338 e. The van der Waals surface area contributed by atoms with Crippen LogP contribution in [0.5, 0.6) is 0 Å². The van der Waals surface area contributed by atoms with E-state index >= 15 is 0 Å². The number of ether oxygens (including phenoxy) is 1. The maximum atomic E-state index is 11.6. The van der Waals surface area contributed by atoms with Crippen LogP contribution in [0.4, 0.5) is 0 Å². The minimum absolute atomic E-state index is 0.0984. The topological polar surface area (TPSA) is 42.4 Å². The smallest absolute Gasteiger partial charge is 0.338 e. The van der Waals surface area contributed by atoms with Crippen molar-refractivity contribution < 1.29 is 9.53 Å². The molecule has 0 amide bonds. The zero-order valence-corrected chi connectivity index (χ0v) is 10.5. The van der Waals surface area contributed by atoms with Crippen molar-refractivity contribution >= 4 is 29.5 Å². The highest BCUT2D eigenvalue weighted by Gasteiger charge is 2.26. The van der Waals surface area contributed by atoms with Gasteiger partial charge in [0.1, 0.15) is 6.61 Å². The lowest BCUT2D eigenvalue weighted by molar-refractivity contribution is 0.0373. The van der Waals surface area contributed by atoms with Gasteiger partial charge in [-0.1, -0.05) is 0 Å². The molecule has 1 aromatic heterocycles. The minimum atomic E-state index is -0.633. The van der Waals surface area contributed by atoms with Gasteiger partial charge in [0, 0.05) is 12.4 Å². The first-order valence-electron chi connectivity index (χ1n) is 4.62. The van der Waals surface area contributed by atoms with Gasteiger partial charge in [0.05, 0.1) is 11.1 Å². The fourth-order valence-electron chi connectivity index (χ4n) is 0.862. The molecule has 0 saturated heterocycles. The van der Waals surface area contributed by atoms with Crippen LogP contribution in [-0.4, -0.2) is 27.0 Å². The Morgan fingerprint density at radius 3 is 2.50 bits per heavy atom. The predicted molar refractivity (Wildman–Crippen MR) is 62.1 cm³/mol. The number of nitrogens with zero attached hydrogens (tertiary/aromatic N) is 2. The molecule has 1 rings (SSSR count). The van der Waals surface area contributed by atoms with Crippen LogP contribution in [0.15, 0.2) is 24.5 Å². The second-order valence-corrected chi connectivity index (χ2v) is 4.71. The van der Waals surface area contributed by atoms with E-state index in [0.29, 0.717) is 5.56 Å². The normalized spacial score (nSPS) is 11.6. The molecule has 0 N–H and O–H groups in total. The van der Waals surface area contributed by atoms with Crippen molar-refractivity contribution in [2.45, 2.75) is 19.4 Å². The van der Waals surface area contributed by atoms with Gasteiger partial charge < -0.3 is 4.74 Å². The van der Waals surface area contributed by atoms with E-state index in [9.17, 15) is 4.79 Å². The van der Waals surface area contributed by atoms with Crippen LogP contribution < -0.4 is 0 Å². The average Bonchev–Trinajstić information content (AvgIpc) is 2.27. The molecular weight excluding hydrogens is 251 g/mol. The summed E-state index contributed by atoms with van der Waals surface area (Å²) in [6.45, 7) is 3.61. The number of aromatic nitrogens is 1. The monoisotopic (exact) mass is 262 g/mol. The van der Waals surface area contributed by atoms with E-state index in [-0.39, 0.29) is 6.61 Å². The lowest BCUT2D eigenvalue weighted by atomic mass is 10.1. The summed E-state index contributed by atoms with van der Waals surface area (Å²) in [5.74, 6) is -0.425. The molecule has 0 spiro atoms. The molecule has 6 heteroatoms. The van der Waals surface area contributed by atoms with Crippen LogP contribution in [0.25, 0.3) is 0 Å². The quantitative estimate of drug-likeness (QED) is 0.618. The lowest BCUT2D eigenvalue weighted by Gasteiger charge is -2.26. The highest BCUT2D eigenvalue weighted by molar-refractivity contribution is 6.34. The van der Waals surface area contributed by atoms with E-state index in [1.807, 2.05) is 0 Å².